The topological polar surface area (TPSA) is 15.3 Å². The molecule has 3 unspecified atom stereocenters. The van der Waals surface area contributed by atoms with Gasteiger partial charge in [-0.15, -0.1) is 0 Å². The van der Waals surface area contributed by atoms with Gasteiger partial charge in [0.1, 0.15) is 0 Å². The Balaban J connectivity index is 1.95. The molecule has 0 aliphatic carbocycles. The van der Waals surface area contributed by atoms with Gasteiger partial charge in [-0.3, -0.25) is 4.90 Å². The standard InChI is InChI=1S/C16H23F3N2/c1-12(9-16(17,18)19)21-11-15(20-10-13(21)2)8-14-6-4-3-5-7-14/h3-7,12-13,15,20H,8-11H2,1-2H3. The predicted molar refractivity (Wildman–Crippen MR) is 78.2 cm³/mol. The molecule has 1 aromatic rings. The van der Waals surface area contributed by atoms with Gasteiger partial charge in [0.25, 0.3) is 0 Å². The van der Waals surface area contributed by atoms with Crippen molar-refractivity contribution in [1.82, 2.24) is 10.2 Å². The number of nitrogens with one attached hydrogen (secondary N) is 1. The summed E-state index contributed by atoms with van der Waals surface area (Å²) in [6, 6.07) is 9.94. The molecule has 5 heteroatoms. The van der Waals surface area contributed by atoms with E-state index in [9.17, 15) is 13.2 Å². The fraction of sp³-hybridized carbons (Fsp3) is 0.625. The zero-order chi connectivity index (χ0) is 15.5. The number of rotatable bonds is 4. The van der Waals surface area contributed by atoms with Crippen molar-refractivity contribution in [1.29, 1.82) is 0 Å². The number of hydrogen-bond acceptors (Lipinski definition) is 2. The highest BCUT2D eigenvalue weighted by molar-refractivity contribution is 5.16. The number of benzene rings is 1. The van der Waals surface area contributed by atoms with Crippen LogP contribution in [0.1, 0.15) is 25.8 Å². The van der Waals surface area contributed by atoms with E-state index in [0.717, 1.165) is 13.0 Å². The van der Waals surface area contributed by atoms with Gasteiger partial charge in [0.2, 0.25) is 0 Å². The van der Waals surface area contributed by atoms with E-state index in [2.05, 4.69) is 17.4 Å². The molecule has 1 saturated heterocycles. The van der Waals surface area contributed by atoms with Crippen LogP contribution in [-0.4, -0.2) is 42.3 Å². The summed E-state index contributed by atoms with van der Waals surface area (Å²) in [5, 5.41) is 3.44. The number of alkyl halides is 3. The molecular formula is C16H23F3N2. The van der Waals surface area contributed by atoms with Crippen LogP contribution in [-0.2, 0) is 6.42 Å². The lowest BCUT2D eigenvalue weighted by molar-refractivity contribution is -0.148. The Labute approximate surface area is 124 Å². The van der Waals surface area contributed by atoms with Crippen LogP contribution < -0.4 is 5.32 Å². The molecule has 2 rings (SSSR count). The van der Waals surface area contributed by atoms with Crippen LogP contribution in [0.25, 0.3) is 0 Å². The van der Waals surface area contributed by atoms with E-state index < -0.39 is 18.6 Å². The average molecular weight is 300 g/mol. The largest absolute Gasteiger partial charge is 0.390 e. The van der Waals surface area contributed by atoms with E-state index >= 15 is 0 Å². The van der Waals surface area contributed by atoms with Crippen LogP contribution in [0.4, 0.5) is 13.2 Å². The van der Waals surface area contributed by atoms with Crippen LogP contribution >= 0.6 is 0 Å². The Morgan fingerprint density at radius 3 is 2.57 bits per heavy atom. The van der Waals surface area contributed by atoms with Crippen LogP contribution in [0, 0.1) is 0 Å². The molecule has 21 heavy (non-hydrogen) atoms. The minimum Gasteiger partial charge on any atom is -0.311 e. The van der Waals surface area contributed by atoms with Gasteiger partial charge < -0.3 is 5.32 Å². The molecule has 0 radical (unpaired) electrons. The lowest BCUT2D eigenvalue weighted by atomic mass is 10.00. The van der Waals surface area contributed by atoms with Crippen molar-refractivity contribution in [2.24, 2.45) is 0 Å². The first-order valence-corrected chi connectivity index (χ1v) is 7.45. The van der Waals surface area contributed by atoms with Gasteiger partial charge in [-0.1, -0.05) is 30.3 Å². The summed E-state index contributed by atoms with van der Waals surface area (Å²) in [5.74, 6) is 0. The Morgan fingerprint density at radius 1 is 1.29 bits per heavy atom. The third-order valence-electron chi connectivity index (χ3n) is 4.12. The summed E-state index contributed by atoms with van der Waals surface area (Å²) >= 11 is 0. The van der Waals surface area contributed by atoms with Gasteiger partial charge in [-0.05, 0) is 25.8 Å². The lowest BCUT2D eigenvalue weighted by Crippen LogP contribution is -2.59. The number of piperazine rings is 1. The van der Waals surface area contributed by atoms with E-state index in [4.69, 9.17) is 0 Å². The number of halogens is 3. The second-order valence-electron chi connectivity index (χ2n) is 6.01. The van der Waals surface area contributed by atoms with Gasteiger partial charge in [0.15, 0.2) is 0 Å². The second-order valence-corrected chi connectivity index (χ2v) is 6.01. The molecule has 2 nitrogen and oxygen atoms in total. The molecule has 0 aromatic heterocycles. The Morgan fingerprint density at radius 2 is 1.95 bits per heavy atom. The predicted octanol–water partition coefficient (Wildman–Crippen LogP) is 3.23. The van der Waals surface area contributed by atoms with E-state index in [1.165, 1.54) is 5.56 Å². The van der Waals surface area contributed by atoms with Crippen molar-refractivity contribution in [3.05, 3.63) is 35.9 Å². The SMILES string of the molecule is CC1CNC(Cc2ccccc2)CN1C(C)CC(F)(F)F. The molecule has 3 atom stereocenters. The minimum absolute atomic E-state index is 0.134. The summed E-state index contributed by atoms with van der Waals surface area (Å²) in [7, 11) is 0. The monoisotopic (exact) mass is 300 g/mol. The van der Waals surface area contributed by atoms with E-state index in [1.54, 1.807) is 6.92 Å². The van der Waals surface area contributed by atoms with Crippen molar-refractivity contribution < 1.29 is 13.2 Å². The van der Waals surface area contributed by atoms with Crippen molar-refractivity contribution in [2.75, 3.05) is 13.1 Å². The normalized spacial score (nSPS) is 25.8. The average Bonchev–Trinajstić information content (AvgIpc) is 2.40. The highest BCUT2D eigenvalue weighted by atomic mass is 19.4. The number of hydrogen-bond donors (Lipinski definition) is 1. The third-order valence-corrected chi connectivity index (χ3v) is 4.12. The molecule has 1 aromatic carbocycles. The van der Waals surface area contributed by atoms with Gasteiger partial charge >= 0.3 is 6.18 Å². The molecule has 0 spiro atoms. The lowest BCUT2D eigenvalue weighted by Gasteiger charge is -2.42. The maximum atomic E-state index is 12.6. The molecule has 1 aliphatic heterocycles. The first-order chi connectivity index (χ1) is 9.85. The third kappa shape index (κ3) is 5.00. The van der Waals surface area contributed by atoms with Gasteiger partial charge in [-0.25, -0.2) is 0 Å². The number of nitrogens with zero attached hydrogens (tertiary/aromatic N) is 1. The Bertz CT molecular complexity index is 433. The van der Waals surface area contributed by atoms with Crippen LogP contribution in [0.5, 0.6) is 0 Å². The summed E-state index contributed by atoms with van der Waals surface area (Å²) in [6.45, 7) is 5.06. The van der Waals surface area contributed by atoms with Gasteiger partial charge in [-0.2, -0.15) is 13.2 Å². The summed E-state index contributed by atoms with van der Waals surface area (Å²) < 4.78 is 37.8. The first-order valence-electron chi connectivity index (χ1n) is 7.45. The zero-order valence-corrected chi connectivity index (χ0v) is 12.5. The highest BCUT2D eigenvalue weighted by Crippen LogP contribution is 2.26. The molecule has 118 valence electrons. The molecule has 1 N–H and O–H groups in total. The van der Waals surface area contributed by atoms with Gasteiger partial charge in [0, 0.05) is 31.2 Å². The maximum Gasteiger partial charge on any atom is 0.390 e. The Kier molecular flexibility index (Phi) is 5.27. The maximum absolute atomic E-state index is 12.6. The molecule has 0 bridgehead atoms. The summed E-state index contributed by atoms with van der Waals surface area (Å²) in [6.07, 6.45) is -3.99. The molecule has 1 heterocycles. The highest BCUT2D eigenvalue weighted by Gasteiger charge is 2.36. The van der Waals surface area contributed by atoms with Crippen molar-refractivity contribution in [3.8, 4) is 0 Å². The fourth-order valence-corrected chi connectivity index (χ4v) is 3.06. The van der Waals surface area contributed by atoms with Crippen LogP contribution in [0.15, 0.2) is 30.3 Å². The first kappa shape index (κ1) is 16.3. The summed E-state index contributed by atoms with van der Waals surface area (Å²) in [5.41, 5.74) is 1.22. The van der Waals surface area contributed by atoms with Crippen molar-refractivity contribution in [3.63, 3.8) is 0 Å². The summed E-state index contributed by atoms with van der Waals surface area (Å²) in [4.78, 5) is 1.98. The molecular weight excluding hydrogens is 277 g/mol. The van der Waals surface area contributed by atoms with E-state index in [0.29, 0.717) is 6.54 Å². The van der Waals surface area contributed by atoms with Crippen LogP contribution in [0.2, 0.25) is 0 Å². The minimum atomic E-state index is -4.10. The quantitative estimate of drug-likeness (QED) is 0.918. The molecule has 0 amide bonds. The zero-order valence-electron chi connectivity index (χ0n) is 12.5. The molecule has 1 aliphatic rings. The Hall–Kier alpha value is -1.07. The van der Waals surface area contributed by atoms with Crippen molar-refractivity contribution >= 4 is 0 Å². The molecule has 1 fully saturated rings. The van der Waals surface area contributed by atoms with E-state index in [1.807, 2.05) is 30.0 Å². The molecule has 0 saturated carbocycles. The van der Waals surface area contributed by atoms with Crippen molar-refractivity contribution in [2.45, 2.75) is 51.0 Å². The van der Waals surface area contributed by atoms with Gasteiger partial charge in [0.05, 0.1) is 6.42 Å². The second kappa shape index (κ2) is 6.79. The smallest absolute Gasteiger partial charge is 0.311 e. The van der Waals surface area contributed by atoms with E-state index in [-0.39, 0.29) is 12.1 Å². The fourth-order valence-electron chi connectivity index (χ4n) is 3.06. The van der Waals surface area contributed by atoms with Crippen LogP contribution in [0.3, 0.4) is 0 Å².